The van der Waals surface area contributed by atoms with Crippen molar-refractivity contribution in [1.29, 1.82) is 0 Å². The summed E-state index contributed by atoms with van der Waals surface area (Å²) >= 11 is 0. The molecule has 0 amide bonds. The zero-order valence-corrected chi connectivity index (χ0v) is 17.4. The lowest BCUT2D eigenvalue weighted by atomic mass is 9.51. The number of halogens is 1. The smallest absolute Gasteiger partial charge is 0.157 e. The molecule has 1 aromatic heterocycles. The van der Waals surface area contributed by atoms with Crippen molar-refractivity contribution in [3.05, 3.63) is 30.1 Å². The fourth-order valence-electron chi connectivity index (χ4n) is 7.67. The maximum Gasteiger partial charge on any atom is 0.157 e. The highest BCUT2D eigenvalue weighted by Gasteiger charge is 2.57. The first kappa shape index (κ1) is 19.5. The van der Waals surface area contributed by atoms with E-state index in [1.807, 2.05) is 12.3 Å². The summed E-state index contributed by atoms with van der Waals surface area (Å²) in [6.07, 6.45) is 13.4. The van der Waals surface area contributed by atoms with E-state index in [0.29, 0.717) is 48.8 Å². The molecule has 0 bridgehead atoms. The highest BCUT2D eigenvalue weighted by Crippen LogP contribution is 2.63. The summed E-state index contributed by atoms with van der Waals surface area (Å²) in [4.78, 5) is 13.1. The molecule has 3 fully saturated rings. The standard InChI is InChI=1S/C24H33FN2O2/c1-23-9-7-18-17-8-10-24(29,15-25)13-16(17)3-4-19(18)20(23)5-6-21(23)22(28)14-27-12-2-11-26-27/h2-3,11-12,17-21,29H,4-10,13-15H2,1H3/t17-,18+,19+,20-,21+,23-,24+/m0/s1. The first-order valence-electron chi connectivity index (χ1n) is 11.4. The van der Waals surface area contributed by atoms with Crippen LogP contribution in [0, 0.1) is 35.0 Å². The SMILES string of the molecule is C[C@]12CC[C@H]3[C@@H](CC=C4C[C@@](O)(CF)CC[C@@H]43)[C@@H]1CC[C@@H]2C(=O)Cn1cccn1. The minimum Gasteiger partial charge on any atom is -0.387 e. The molecule has 0 aliphatic heterocycles. The van der Waals surface area contributed by atoms with E-state index >= 15 is 0 Å². The Labute approximate surface area is 172 Å². The molecule has 1 N–H and O–H groups in total. The minimum atomic E-state index is -1.13. The Morgan fingerprint density at radius 1 is 1.28 bits per heavy atom. The summed E-state index contributed by atoms with van der Waals surface area (Å²) in [5, 5.41) is 14.7. The van der Waals surface area contributed by atoms with E-state index in [-0.39, 0.29) is 11.3 Å². The number of aromatic nitrogens is 2. The molecule has 29 heavy (non-hydrogen) atoms. The number of carbonyl (C=O) groups excluding carboxylic acids is 1. The summed E-state index contributed by atoms with van der Waals surface area (Å²) < 4.78 is 15.1. The Morgan fingerprint density at radius 2 is 2.14 bits per heavy atom. The van der Waals surface area contributed by atoms with E-state index in [1.54, 1.807) is 10.9 Å². The van der Waals surface area contributed by atoms with Gasteiger partial charge >= 0.3 is 0 Å². The molecular formula is C24H33FN2O2. The van der Waals surface area contributed by atoms with Crippen LogP contribution in [0.25, 0.3) is 0 Å². The van der Waals surface area contributed by atoms with E-state index in [9.17, 15) is 14.3 Å². The zero-order valence-electron chi connectivity index (χ0n) is 17.4. The third-order valence-electron chi connectivity index (χ3n) is 9.11. The molecule has 0 radical (unpaired) electrons. The lowest BCUT2D eigenvalue weighted by Gasteiger charge is -2.54. The van der Waals surface area contributed by atoms with E-state index < -0.39 is 12.3 Å². The average Bonchev–Trinajstić information content (AvgIpc) is 3.34. The Kier molecular flexibility index (Phi) is 4.73. The van der Waals surface area contributed by atoms with Crippen LogP contribution in [0.5, 0.6) is 0 Å². The van der Waals surface area contributed by atoms with Crippen LogP contribution in [0.2, 0.25) is 0 Å². The second-order valence-electron chi connectivity index (χ2n) is 10.5. The largest absolute Gasteiger partial charge is 0.387 e. The molecule has 7 atom stereocenters. The molecule has 0 aromatic carbocycles. The number of aliphatic hydroxyl groups is 1. The van der Waals surface area contributed by atoms with Gasteiger partial charge in [0.2, 0.25) is 0 Å². The van der Waals surface area contributed by atoms with Gasteiger partial charge in [0, 0.05) is 18.3 Å². The summed E-state index contributed by atoms with van der Waals surface area (Å²) in [5.41, 5.74) is 0.284. The molecule has 1 heterocycles. The van der Waals surface area contributed by atoms with Crippen molar-refractivity contribution in [2.24, 2.45) is 35.0 Å². The van der Waals surface area contributed by atoms with Gasteiger partial charge in [-0.25, -0.2) is 4.39 Å². The topological polar surface area (TPSA) is 55.1 Å². The van der Waals surface area contributed by atoms with Crippen LogP contribution in [0.1, 0.15) is 58.3 Å². The average molecular weight is 401 g/mol. The quantitative estimate of drug-likeness (QED) is 0.765. The van der Waals surface area contributed by atoms with Crippen LogP contribution in [0.15, 0.2) is 30.1 Å². The summed E-state index contributed by atoms with van der Waals surface area (Å²) in [5.74, 6) is 2.90. The van der Waals surface area contributed by atoms with Crippen molar-refractivity contribution in [3.63, 3.8) is 0 Å². The number of nitrogens with zero attached hydrogens (tertiary/aromatic N) is 2. The highest BCUT2D eigenvalue weighted by atomic mass is 19.1. The molecule has 5 heteroatoms. The van der Waals surface area contributed by atoms with Gasteiger partial charge in [0.25, 0.3) is 0 Å². The third-order valence-corrected chi connectivity index (χ3v) is 9.11. The molecule has 1 aromatic rings. The van der Waals surface area contributed by atoms with Crippen LogP contribution in [-0.2, 0) is 11.3 Å². The van der Waals surface area contributed by atoms with Crippen LogP contribution >= 0.6 is 0 Å². The fourth-order valence-corrected chi connectivity index (χ4v) is 7.67. The van der Waals surface area contributed by atoms with Crippen LogP contribution < -0.4 is 0 Å². The van der Waals surface area contributed by atoms with Crippen LogP contribution in [0.3, 0.4) is 0 Å². The monoisotopic (exact) mass is 400 g/mol. The predicted octanol–water partition coefficient (Wildman–Crippen LogP) is 4.34. The molecular weight excluding hydrogens is 367 g/mol. The molecule has 5 rings (SSSR count). The van der Waals surface area contributed by atoms with Gasteiger partial charge in [-0.1, -0.05) is 18.6 Å². The van der Waals surface area contributed by atoms with E-state index in [2.05, 4.69) is 18.1 Å². The van der Waals surface area contributed by atoms with Crippen LogP contribution in [-0.4, -0.2) is 32.9 Å². The molecule has 4 aliphatic rings. The van der Waals surface area contributed by atoms with Crippen molar-refractivity contribution >= 4 is 5.78 Å². The first-order chi connectivity index (χ1) is 13.9. The summed E-state index contributed by atoms with van der Waals surface area (Å²) in [7, 11) is 0. The van der Waals surface area contributed by atoms with Gasteiger partial charge in [0.15, 0.2) is 5.78 Å². The van der Waals surface area contributed by atoms with Gasteiger partial charge in [-0.3, -0.25) is 9.48 Å². The van der Waals surface area contributed by atoms with Crippen LogP contribution in [0.4, 0.5) is 4.39 Å². The van der Waals surface area contributed by atoms with Crippen molar-refractivity contribution in [2.45, 2.75) is 70.4 Å². The van der Waals surface area contributed by atoms with E-state index in [4.69, 9.17) is 0 Å². The number of hydrogen-bond donors (Lipinski definition) is 1. The number of hydrogen-bond acceptors (Lipinski definition) is 3. The number of ketones is 1. The van der Waals surface area contributed by atoms with Crippen molar-refractivity contribution < 1.29 is 14.3 Å². The number of rotatable bonds is 4. The highest BCUT2D eigenvalue weighted by molar-refractivity contribution is 5.82. The first-order valence-corrected chi connectivity index (χ1v) is 11.4. The molecule has 4 aliphatic carbocycles. The number of Topliss-reactive ketones (excluding diaryl/α,β-unsaturated/α-hetero) is 1. The molecule has 0 saturated heterocycles. The van der Waals surface area contributed by atoms with Gasteiger partial charge < -0.3 is 5.11 Å². The van der Waals surface area contributed by atoms with E-state index in [1.165, 1.54) is 12.0 Å². The summed E-state index contributed by atoms with van der Waals surface area (Å²) in [6, 6.07) is 1.87. The Morgan fingerprint density at radius 3 is 2.90 bits per heavy atom. The van der Waals surface area contributed by atoms with Gasteiger partial charge in [-0.05, 0) is 86.5 Å². The molecule has 0 unspecified atom stereocenters. The molecule has 0 spiro atoms. The fraction of sp³-hybridized carbons (Fsp3) is 0.750. The number of alkyl halides is 1. The van der Waals surface area contributed by atoms with E-state index in [0.717, 1.165) is 32.1 Å². The van der Waals surface area contributed by atoms with Gasteiger partial charge in [0.05, 0.1) is 12.1 Å². The summed E-state index contributed by atoms with van der Waals surface area (Å²) in [6.45, 7) is 2.13. The maximum absolute atomic E-state index is 13.3. The zero-order chi connectivity index (χ0) is 20.2. The second-order valence-corrected chi connectivity index (χ2v) is 10.5. The second kappa shape index (κ2) is 7.04. The third kappa shape index (κ3) is 3.11. The lowest BCUT2D eigenvalue weighted by molar-refractivity contribution is -0.129. The maximum atomic E-state index is 13.3. The number of fused-ring (bicyclic) bond motifs is 5. The Balaban J connectivity index is 1.34. The molecule has 158 valence electrons. The van der Waals surface area contributed by atoms with Gasteiger partial charge in [-0.15, -0.1) is 0 Å². The van der Waals surface area contributed by atoms with Crippen molar-refractivity contribution in [3.8, 4) is 0 Å². The predicted molar refractivity (Wildman–Crippen MR) is 109 cm³/mol. The number of carbonyl (C=O) groups is 1. The molecule has 3 saturated carbocycles. The number of allylic oxidation sites excluding steroid dienone is 1. The normalized spacial score (nSPS) is 43.8. The Bertz CT molecular complexity index is 806. The van der Waals surface area contributed by atoms with Gasteiger partial charge in [0.1, 0.15) is 6.67 Å². The van der Waals surface area contributed by atoms with Crippen molar-refractivity contribution in [2.75, 3.05) is 6.67 Å². The minimum absolute atomic E-state index is 0.102. The van der Waals surface area contributed by atoms with Crippen molar-refractivity contribution in [1.82, 2.24) is 9.78 Å². The molecule has 4 nitrogen and oxygen atoms in total. The van der Waals surface area contributed by atoms with Gasteiger partial charge in [-0.2, -0.15) is 5.10 Å². The lowest BCUT2D eigenvalue weighted by Crippen LogP contribution is -2.49. The Hall–Kier alpha value is -1.49.